The molecule has 1 amide bonds. The van der Waals surface area contributed by atoms with Crippen molar-refractivity contribution in [2.75, 3.05) is 6.61 Å². The van der Waals surface area contributed by atoms with Gasteiger partial charge in [-0.15, -0.1) is 0 Å². The SMILES string of the molecule is N#CC1(C(=O)NC2CCCCC2CO)CCCCC1. The summed E-state index contributed by atoms with van der Waals surface area (Å²) in [5.74, 6) is 0.0667. The molecular weight excluding hydrogens is 240 g/mol. The molecular formula is C15H24N2O2. The van der Waals surface area contributed by atoms with Gasteiger partial charge in [0.25, 0.3) is 0 Å². The molecule has 2 aliphatic rings. The van der Waals surface area contributed by atoms with Gasteiger partial charge in [-0.2, -0.15) is 5.26 Å². The number of hydrogen-bond donors (Lipinski definition) is 2. The van der Waals surface area contributed by atoms with Gasteiger partial charge in [-0.3, -0.25) is 4.79 Å². The Balaban J connectivity index is 2.00. The minimum atomic E-state index is -0.810. The van der Waals surface area contributed by atoms with Gasteiger partial charge in [0.1, 0.15) is 5.41 Å². The molecule has 0 aromatic carbocycles. The molecule has 2 atom stereocenters. The average Bonchev–Trinajstić information content (AvgIpc) is 2.48. The van der Waals surface area contributed by atoms with E-state index < -0.39 is 5.41 Å². The molecule has 0 aromatic heterocycles. The molecule has 0 aromatic rings. The van der Waals surface area contributed by atoms with Crippen LogP contribution in [0.2, 0.25) is 0 Å². The zero-order valence-corrected chi connectivity index (χ0v) is 11.5. The standard InChI is InChI=1S/C15H24N2O2/c16-11-15(8-4-1-5-9-15)14(19)17-13-7-3-2-6-12(13)10-18/h12-13,18H,1-10H2,(H,17,19). The fraction of sp³-hybridized carbons (Fsp3) is 0.867. The zero-order valence-electron chi connectivity index (χ0n) is 11.5. The number of aliphatic hydroxyl groups excluding tert-OH is 1. The van der Waals surface area contributed by atoms with Crippen LogP contribution in [0.4, 0.5) is 0 Å². The molecule has 0 saturated heterocycles. The summed E-state index contributed by atoms with van der Waals surface area (Å²) in [5.41, 5.74) is -0.810. The van der Waals surface area contributed by atoms with Crippen molar-refractivity contribution in [1.82, 2.24) is 5.32 Å². The molecule has 0 heterocycles. The van der Waals surface area contributed by atoms with Gasteiger partial charge < -0.3 is 10.4 Å². The minimum Gasteiger partial charge on any atom is -0.396 e. The van der Waals surface area contributed by atoms with E-state index in [1.165, 1.54) is 0 Å². The van der Waals surface area contributed by atoms with Crippen molar-refractivity contribution in [3.05, 3.63) is 0 Å². The van der Waals surface area contributed by atoms with E-state index in [0.717, 1.165) is 44.9 Å². The van der Waals surface area contributed by atoms with E-state index in [1.807, 2.05) is 0 Å². The third-order valence-corrected chi connectivity index (χ3v) is 4.82. The third-order valence-electron chi connectivity index (χ3n) is 4.82. The molecule has 4 nitrogen and oxygen atoms in total. The lowest BCUT2D eigenvalue weighted by Gasteiger charge is -2.35. The predicted octanol–water partition coefficient (Wildman–Crippen LogP) is 2.13. The van der Waals surface area contributed by atoms with Crippen LogP contribution in [0.15, 0.2) is 0 Å². The van der Waals surface area contributed by atoms with Crippen LogP contribution in [0.5, 0.6) is 0 Å². The van der Waals surface area contributed by atoms with Crippen LogP contribution in [0, 0.1) is 22.7 Å². The Labute approximate surface area is 115 Å². The number of carbonyl (C=O) groups excluding carboxylic acids is 1. The Kier molecular flexibility index (Phi) is 4.81. The van der Waals surface area contributed by atoms with Crippen LogP contribution in [0.3, 0.4) is 0 Å². The molecule has 0 bridgehead atoms. The first-order valence-corrected chi connectivity index (χ1v) is 7.55. The Morgan fingerprint density at radius 1 is 1.21 bits per heavy atom. The molecule has 2 aliphatic carbocycles. The fourth-order valence-corrected chi connectivity index (χ4v) is 3.47. The van der Waals surface area contributed by atoms with Gasteiger partial charge in [-0.1, -0.05) is 32.1 Å². The second-order valence-corrected chi connectivity index (χ2v) is 6.06. The van der Waals surface area contributed by atoms with Crippen molar-refractivity contribution in [2.24, 2.45) is 11.3 Å². The van der Waals surface area contributed by atoms with E-state index in [-0.39, 0.29) is 24.5 Å². The van der Waals surface area contributed by atoms with E-state index in [0.29, 0.717) is 12.8 Å². The van der Waals surface area contributed by atoms with Crippen LogP contribution in [0.25, 0.3) is 0 Å². The molecule has 0 radical (unpaired) electrons. The van der Waals surface area contributed by atoms with Crippen LogP contribution in [-0.4, -0.2) is 23.7 Å². The summed E-state index contributed by atoms with van der Waals surface area (Å²) in [5, 5.41) is 21.9. The highest BCUT2D eigenvalue weighted by Gasteiger charge is 2.41. The zero-order chi connectivity index (χ0) is 13.7. The van der Waals surface area contributed by atoms with Crippen molar-refractivity contribution in [3.63, 3.8) is 0 Å². The molecule has 106 valence electrons. The van der Waals surface area contributed by atoms with Gasteiger partial charge in [-0.25, -0.2) is 0 Å². The van der Waals surface area contributed by atoms with E-state index in [2.05, 4.69) is 11.4 Å². The number of carbonyl (C=O) groups is 1. The lowest BCUT2D eigenvalue weighted by atomic mass is 9.74. The Hall–Kier alpha value is -1.08. The molecule has 2 N–H and O–H groups in total. The maximum Gasteiger partial charge on any atom is 0.240 e. The maximum absolute atomic E-state index is 12.5. The molecule has 4 heteroatoms. The lowest BCUT2D eigenvalue weighted by molar-refractivity contribution is -0.131. The van der Waals surface area contributed by atoms with E-state index in [9.17, 15) is 15.2 Å². The van der Waals surface area contributed by atoms with Crippen molar-refractivity contribution in [1.29, 1.82) is 5.26 Å². The first-order chi connectivity index (χ1) is 9.22. The van der Waals surface area contributed by atoms with Gasteiger partial charge in [0.05, 0.1) is 6.07 Å². The largest absolute Gasteiger partial charge is 0.396 e. The van der Waals surface area contributed by atoms with Crippen LogP contribution >= 0.6 is 0 Å². The molecule has 2 fully saturated rings. The topological polar surface area (TPSA) is 73.1 Å². The third kappa shape index (κ3) is 3.09. The number of amides is 1. The summed E-state index contributed by atoms with van der Waals surface area (Å²) >= 11 is 0. The summed E-state index contributed by atoms with van der Waals surface area (Å²) in [6.07, 6.45) is 8.56. The summed E-state index contributed by atoms with van der Waals surface area (Å²) in [6.45, 7) is 0.129. The summed E-state index contributed by atoms with van der Waals surface area (Å²) in [6, 6.07) is 2.32. The number of nitriles is 1. The number of aliphatic hydroxyl groups is 1. The number of hydrogen-bond acceptors (Lipinski definition) is 3. The first-order valence-electron chi connectivity index (χ1n) is 7.55. The number of nitrogens with one attached hydrogen (secondary N) is 1. The summed E-state index contributed by atoms with van der Waals surface area (Å²) in [7, 11) is 0. The van der Waals surface area contributed by atoms with Gasteiger partial charge in [-0.05, 0) is 25.7 Å². The molecule has 0 aliphatic heterocycles. The van der Waals surface area contributed by atoms with Gasteiger partial charge in [0.2, 0.25) is 5.91 Å². The monoisotopic (exact) mass is 264 g/mol. The average molecular weight is 264 g/mol. The second kappa shape index (κ2) is 6.38. The highest BCUT2D eigenvalue weighted by atomic mass is 16.3. The Morgan fingerprint density at radius 2 is 1.89 bits per heavy atom. The number of rotatable bonds is 3. The quantitative estimate of drug-likeness (QED) is 0.820. The molecule has 0 spiro atoms. The highest BCUT2D eigenvalue weighted by molar-refractivity contribution is 5.85. The summed E-state index contributed by atoms with van der Waals surface area (Å²) < 4.78 is 0. The Morgan fingerprint density at radius 3 is 2.53 bits per heavy atom. The maximum atomic E-state index is 12.5. The van der Waals surface area contributed by atoms with Crippen molar-refractivity contribution in [2.45, 2.75) is 63.8 Å². The van der Waals surface area contributed by atoms with E-state index in [4.69, 9.17) is 0 Å². The van der Waals surface area contributed by atoms with Gasteiger partial charge in [0.15, 0.2) is 0 Å². The fourth-order valence-electron chi connectivity index (χ4n) is 3.47. The second-order valence-electron chi connectivity index (χ2n) is 6.06. The van der Waals surface area contributed by atoms with Crippen molar-refractivity contribution >= 4 is 5.91 Å². The van der Waals surface area contributed by atoms with Crippen molar-refractivity contribution < 1.29 is 9.90 Å². The van der Waals surface area contributed by atoms with Gasteiger partial charge in [0, 0.05) is 18.6 Å². The Bertz CT molecular complexity index is 356. The number of nitrogens with zero attached hydrogens (tertiary/aromatic N) is 1. The van der Waals surface area contributed by atoms with Crippen LogP contribution in [0.1, 0.15) is 57.8 Å². The smallest absolute Gasteiger partial charge is 0.240 e. The summed E-state index contributed by atoms with van der Waals surface area (Å²) in [4.78, 5) is 12.5. The molecule has 2 rings (SSSR count). The molecule has 2 saturated carbocycles. The molecule has 19 heavy (non-hydrogen) atoms. The van der Waals surface area contributed by atoms with E-state index in [1.54, 1.807) is 0 Å². The van der Waals surface area contributed by atoms with Gasteiger partial charge >= 0.3 is 0 Å². The normalized spacial score (nSPS) is 30.3. The molecule has 2 unspecified atom stereocenters. The van der Waals surface area contributed by atoms with Crippen LogP contribution < -0.4 is 5.32 Å². The highest BCUT2D eigenvalue weighted by Crippen LogP contribution is 2.36. The van der Waals surface area contributed by atoms with Crippen LogP contribution in [-0.2, 0) is 4.79 Å². The van der Waals surface area contributed by atoms with Crippen molar-refractivity contribution in [3.8, 4) is 6.07 Å². The van der Waals surface area contributed by atoms with E-state index >= 15 is 0 Å². The first kappa shape index (κ1) is 14.3. The predicted molar refractivity (Wildman–Crippen MR) is 72.1 cm³/mol. The minimum absolute atomic E-state index is 0.0541. The lowest BCUT2D eigenvalue weighted by Crippen LogP contribution is -2.50.